The van der Waals surface area contributed by atoms with E-state index in [9.17, 15) is 16.8 Å². The second-order valence-corrected chi connectivity index (χ2v) is 14.0. The Hall–Kier alpha value is -3.78. The fourth-order valence-corrected chi connectivity index (χ4v) is 7.49. The Kier molecular flexibility index (Phi) is 6.18. The zero-order valence-corrected chi connectivity index (χ0v) is 23.3. The van der Waals surface area contributed by atoms with Crippen molar-refractivity contribution in [3.8, 4) is 22.3 Å². The van der Waals surface area contributed by atoms with Crippen LogP contribution in [-0.4, -0.2) is 27.4 Å². The molecule has 0 fully saturated rings. The molecule has 0 radical (unpaired) electrons. The minimum Gasteiger partial charge on any atom is -0.224 e. The van der Waals surface area contributed by atoms with Crippen LogP contribution in [0.15, 0.2) is 113 Å². The van der Waals surface area contributed by atoms with E-state index < -0.39 is 19.9 Å². The molecule has 7 heteroatoms. The van der Waals surface area contributed by atoms with Gasteiger partial charge in [0.15, 0.2) is 9.84 Å². The number of sulfone groups is 1. The number of benzene rings is 5. The Morgan fingerprint density at radius 2 is 1.08 bits per heavy atom. The highest BCUT2D eigenvalue weighted by atomic mass is 32.2. The summed E-state index contributed by atoms with van der Waals surface area (Å²) in [6, 6.07) is 31.8. The minimum atomic E-state index is -3.77. The summed E-state index contributed by atoms with van der Waals surface area (Å²) < 4.78 is 54.4. The van der Waals surface area contributed by atoms with Crippen molar-refractivity contribution in [1.29, 1.82) is 0 Å². The number of hydrogen-bond acceptors (Lipinski definition) is 4. The zero-order chi connectivity index (χ0) is 27.4. The maximum Gasteiger partial charge on any atom is 0.243 e. The molecular weight excluding hydrogens is 526 g/mol. The van der Waals surface area contributed by atoms with Crippen molar-refractivity contribution in [2.24, 2.45) is 0 Å². The molecule has 6 rings (SSSR count). The maximum absolute atomic E-state index is 13.8. The van der Waals surface area contributed by atoms with Gasteiger partial charge in [-0.3, -0.25) is 0 Å². The molecular formula is C32H27NO4S2. The van der Waals surface area contributed by atoms with Crippen LogP contribution in [0.25, 0.3) is 33.0 Å². The van der Waals surface area contributed by atoms with Crippen molar-refractivity contribution in [3.05, 3.63) is 120 Å². The van der Waals surface area contributed by atoms with Crippen molar-refractivity contribution in [2.45, 2.75) is 29.8 Å². The van der Waals surface area contributed by atoms with Crippen LogP contribution in [0.3, 0.4) is 0 Å². The third-order valence-electron chi connectivity index (χ3n) is 7.38. The molecule has 1 aliphatic heterocycles. The monoisotopic (exact) mass is 553 g/mol. The molecule has 0 saturated heterocycles. The smallest absolute Gasteiger partial charge is 0.224 e. The average Bonchev–Trinajstić information content (AvgIpc) is 3.37. The Labute approximate surface area is 229 Å². The van der Waals surface area contributed by atoms with Gasteiger partial charge in [0, 0.05) is 19.3 Å². The van der Waals surface area contributed by atoms with Gasteiger partial charge in [-0.1, -0.05) is 84.4 Å². The van der Waals surface area contributed by atoms with Crippen molar-refractivity contribution in [3.63, 3.8) is 0 Å². The predicted octanol–water partition coefficient (Wildman–Crippen LogP) is 6.59. The molecule has 1 heterocycles. The molecule has 0 bridgehead atoms. The molecule has 0 spiro atoms. The van der Waals surface area contributed by atoms with Gasteiger partial charge in [0.1, 0.15) is 0 Å². The summed E-state index contributed by atoms with van der Waals surface area (Å²) in [5, 5.41) is 1.68. The lowest BCUT2D eigenvalue weighted by Gasteiger charge is -2.19. The van der Waals surface area contributed by atoms with Gasteiger partial charge in [0.2, 0.25) is 10.0 Å². The quantitative estimate of drug-likeness (QED) is 0.246. The van der Waals surface area contributed by atoms with Crippen molar-refractivity contribution in [2.75, 3.05) is 6.26 Å². The number of sulfonamides is 1. The van der Waals surface area contributed by atoms with Gasteiger partial charge in [-0.15, -0.1) is 0 Å². The third kappa shape index (κ3) is 4.46. The van der Waals surface area contributed by atoms with E-state index >= 15 is 0 Å². The van der Waals surface area contributed by atoms with Gasteiger partial charge in [0.05, 0.1) is 9.79 Å². The SMILES string of the molecule is Cc1ccc(S(=O)(=O)N2Cc3c(c(-c4ccccc4)c4cc(S(C)(=O)=O)ccc4c3-c3ccccc3)C2)cc1. The van der Waals surface area contributed by atoms with Crippen molar-refractivity contribution >= 4 is 30.6 Å². The Morgan fingerprint density at radius 3 is 1.59 bits per heavy atom. The largest absolute Gasteiger partial charge is 0.243 e. The first-order valence-electron chi connectivity index (χ1n) is 12.6. The first-order valence-corrected chi connectivity index (χ1v) is 16.0. The lowest BCUT2D eigenvalue weighted by Crippen LogP contribution is -2.25. The molecule has 5 aromatic rings. The third-order valence-corrected chi connectivity index (χ3v) is 10.3. The van der Waals surface area contributed by atoms with E-state index in [1.807, 2.05) is 85.8 Å². The Morgan fingerprint density at radius 1 is 0.590 bits per heavy atom. The average molecular weight is 554 g/mol. The van der Waals surface area contributed by atoms with Gasteiger partial charge < -0.3 is 0 Å². The second kappa shape index (κ2) is 9.45. The summed E-state index contributed by atoms with van der Waals surface area (Å²) in [6.45, 7) is 2.34. The van der Waals surface area contributed by atoms with E-state index in [0.29, 0.717) is 0 Å². The molecule has 39 heavy (non-hydrogen) atoms. The van der Waals surface area contributed by atoms with Gasteiger partial charge >= 0.3 is 0 Å². The van der Waals surface area contributed by atoms with Gasteiger partial charge in [-0.2, -0.15) is 4.31 Å². The summed E-state index contributed by atoms with van der Waals surface area (Å²) in [5.41, 5.74) is 6.50. The molecule has 0 unspecified atom stereocenters. The predicted molar refractivity (Wildman–Crippen MR) is 156 cm³/mol. The number of fused-ring (bicyclic) bond motifs is 2. The highest BCUT2D eigenvalue weighted by Gasteiger charge is 2.35. The van der Waals surface area contributed by atoms with Crippen LogP contribution < -0.4 is 0 Å². The van der Waals surface area contributed by atoms with E-state index in [-0.39, 0.29) is 22.9 Å². The van der Waals surface area contributed by atoms with Crippen LogP contribution in [0.4, 0.5) is 0 Å². The summed E-state index contributed by atoms with van der Waals surface area (Å²) in [7, 11) is -7.24. The summed E-state index contributed by atoms with van der Waals surface area (Å²) in [5.74, 6) is 0. The van der Waals surface area contributed by atoms with E-state index in [1.54, 1.807) is 24.3 Å². The summed E-state index contributed by atoms with van der Waals surface area (Å²) >= 11 is 0. The fourth-order valence-electron chi connectivity index (χ4n) is 5.46. The minimum absolute atomic E-state index is 0.189. The fraction of sp³-hybridized carbons (Fsp3) is 0.125. The van der Waals surface area contributed by atoms with E-state index in [2.05, 4.69) is 0 Å². The molecule has 0 N–H and O–H groups in total. The van der Waals surface area contributed by atoms with Crippen LogP contribution in [0.5, 0.6) is 0 Å². The van der Waals surface area contributed by atoms with Crippen LogP contribution in [0, 0.1) is 6.92 Å². The molecule has 196 valence electrons. The summed E-state index contributed by atoms with van der Waals surface area (Å²) in [4.78, 5) is 0.487. The first-order chi connectivity index (χ1) is 18.6. The van der Waals surface area contributed by atoms with E-state index in [1.165, 1.54) is 10.6 Å². The van der Waals surface area contributed by atoms with Gasteiger partial charge in [-0.25, -0.2) is 16.8 Å². The number of hydrogen-bond donors (Lipinski definition) is 0. The van der Waals surface area contributed by atoms with Crippen molar-refractivity contribution < 1.29 is 16.8 Å². The zero-order valence-electron chi connectivity index (χ0n) is 21.6. The lowest BCUT2D eigenvalue weighted by atomic mass is 9.85. The molecule has 0 atom stereocenters. The Bertz CT molecular complexity index is 1930. The maximum atomic E-state index is 13.8. The standard InChI is InChI=1S/C32H27NO4S2/c1-22-13-15-25(16-14-22)39(36,37)33-20-29-30(21-33)32(24-11-7-4-8-12-24)28-19-26(38(2,34)35)17-18-27(28)31(29)23-9-5-3-6-10-23/h3-19H,20-21H2,1-2H3. The van der Waals surface area contributed by atoms with Crippen LogP contribution in [0.1, 0.15) is 16.7 Å². The van der Waals surface area contributed by atoms with Crippen LogP contribution in [0.2, 0.25) is 0 Å². The molecule has 0 aromatic heterocycles. The number of rotatable bonds is 5. The van der Waals surface area contributed by atoms with Crippen LogP contribution >= 0.6 is 0 Å². The number of nitrogens with zero attached hydrogens (tertiary/aromatic N) is 1. The molecule has 0 saturated carbocycles. The molecule has 5 nitrogen and oxygen atoms in total. The highest BCUT2D eigenvalue weighted by Crippen LogP contribution is 2.47. The van der Waals surface area contributed by atoms with Crippen molar-refractivity contribution in [1.82, 2.24) is 4.31 Å². The molecule has 5 aromatic carbocycles. The van der Waals surface area contributed by atoms with Crippen LogP contribution in [-0.2, 0) is 33.0 Å². The van der Waals surface area contributed by atoms with Gasteiger partial charge in [0.25, 0.3) is 0 Å². The normalized spacial score (nSPS) is 14.0. The van der Waals surface area contributed by atoms with E-state index in [4.69, 9.17) is 0 Å². The lowest BCUT2D eigenvalue weighted by molar-refractivity contribution is 0.432. The molecule has 1 aliphatic rings. The Balaban J connectivity index is 1.68. The first kappa shape index (κ1) is 25.5. The number of aryl methyl sites for hydroxylation is 1. The molecule has 0 amide bonds. The second-order valence-electron chi connectivity index (χ2n) is 10.0. The molecule has 0 aliphatic carbocycles. The van der Waals surface area contributed by atoms with E-state index in [0.717, 1.165) is 49.7 Å². The highest BCUT2D eigenvalue weighted by molar-refractivity contribution is 7.90. The summed E-state index contributed by atoms with van der Waals surface area (Å²) in [6.07, 6.45) is 1.21. The van der Waals surface area contributed by atoms with Gasteiger partial charge in [-0.05, 0) is 75.3 Å². The topological polar surface area (TPSA) is 71.5 Å².